The topological polar surface area (TPSA) is 29.1 Å². The molecule has 1 unspecified atom stereocenters. The van der Waals surface area contributed by atoms with Gasteiger partial charge in [-0.3, -0.25) is 4.79 Å². The summed E-state index contributed by atoms with van der Waals surface area (Å²) >= 11 is 7.84. The largest absolute Gasteiger partial charge is 0.350 e. The first kappa shape index (κ1) is 14.8. The highest BCUT2D eigenvalue weighted by molar-refractivity contribution is 14.1. The number of carbonyl (C=O) groups is 1. The molecule has 17 heavy (non-hydrogen) atoms. The molecule has 2 nitrogen and oxygen atoms in total. The van der Waals surface area contributed by atoms with Crippen LogP contribution in [0.1, 0.15) is 35.7 Å². The van der Waals surface area contributed by atoms with Crippen molar-refractivity contribution in [3.63, 3.8) is 0 Å². The summed E-state index contributed by atoms with van der Waals surface area (Å²) in [6, 6.07) is 5.95. The maximum Gasteiger partial charge on any atom is 0.252 e. The Morgan fingerprint density at radius 1 is 1.53 bits per heavy atom. The number of benzene rings is 1. The Hall–Kier alpha value is -0.290. The van der Waals surface area contributed by atoms with Gasteiger partial charge in [-0.05, 0) is 60.9 Å². The van der Waals surface area contributed by atoms with Crippen molar-refractivity contribution in [3.8, 4) is 0 Å². The van der Waals surface area contributed by atoms with Crippen molar-refractivity contribution >= 4 is 40.1 Å². The number of rotatable bonds is 5. The van der Waals surface area contributed by atoms with Gasteiger partial charge in [0.2, 0.25) is 0 Å². The van der Waals surface area contributed by atoms with Gasteiger partial charge in [-0.1, -0.05) is 12.1 Å². The van der Waals surface area contributed by atoms with Crippen LogP contribution in [0.2, 0.25) is 0 Å². The quantitative estimate of drug-likeness (QED) is 0.625. The third kappa shape index (κ3) is 4.47. The van der Waals surface area contributed by atoms with Crippen LogP contribution < -0.4 is 5.32 Å². The molecule has 1 rings (SSSR count). The zero-order valence-corrected chi connectivity index (χ0v) is 13.0. The molecule has 1 aromatic rings. The number of alkyl halides is 1. The van der Waals surface area contributed by atoms with Crippen LogP contribution in [0.25, 0.3) is 0 Å². The molecule has 0 fully saturated rings. The van der Waals surface area contributed by atoms with Gasteiger partial charge in [0.15, 0.2) is 0 Å². The van der Waals surface area contributed by atoms with Gasteiger partial charge in [0.25, 0.3) is 5.91 Å². The van der Waals surface area contributed by atoms with Crippen molar-refractivity contribution in [3.05, 3.63) is 32.9 Å². The predicted molar refractivity (Wildman–Crippen MR) is 80.8 cm³/mol. The minimum absolute atomic E-state index is 0.000160. The maximum absolute atomic E-state index is 12.0. The first-order chi connectivity index (χ1) is 8.06. The minimum atomic E-state index is 0.000160. The summed E-state index contributed by atoms with van der Waals surface area (Å²) < 4.78 is 1.02. The molecule has 0 aromatic heterocycles. The molecule has 0 heterocycles. The number of carbonyl (C=O) groups excluding carboxylic acids is 1. The van der Waals surface area contributed by atoms with Gasteiger partial charge in [0.05, 0.1) is 5.56 Å². The maximum atomic E-state index is 12.0. The van der Waals surface area contributed by atoms with E-state index in [0.29, 0.717) is 5.88 Å². The molecule has 1 amide bonds. The first-order valence-electron chi connectivity index (χ1n) is 5.68. The Morgan fingerprint density at radius 3 is 2.88 bits per heavy atom. The lowest BCUT2D eigenvalue weighted by atomic mass is 10.1. The Bertz CT molecular complexity index is 395. The number of hydrogen-bond donors (Lipinski definition) is 1. The van der Waals surface area contributed by atoms with Gasteiger partial charge in [-0.2, -0.15) is 0 Å². The lowest BCUT2D eigenvalue weighted by molar-refractivity contribution is 0.0937. The Labute approximate surface area is 121 Å². The lowest BCUT2D eigenvalue weighted by Gasteiger charge is -2.14. The highest BCUT2D eigenvalue weighted by Gasteiger charge is 2.13. The second kappa shape index (κ2) is 7.21. The van der Waals surface area contributed by atoms with Crippen LogP contribution >= 0.6 is 34.2 Å². The molecule has 0 saturated carbocycles. The van der Waals surface area contributed by atoms with Crippen LogP contribution in [0.4, 0.5) is 0 Å². The van der Waals surface area contributed by atoms with E-state index in [1.54, 1.807) is 0 Å². The summed E-state index contributed by atoms with van der Waals surface area (Å²) in [5.74, 6) is 0.641. The van der Waals surface area contributed by atoms with Crippen molar-refractivity contribution in [1.82, 2.24) is 5.32 Å². The number of nitrogens with one attached hydrogen (secondary N) is 1. The Kier molecular flexibility index (Phi) is 6.27. The summed E-state index contributed by atoms with van der Waals surface area (Å²) in [5, 5.41) is 3.00. The molecule has 0 aliphatic carbocycles. The number of hydrogen-bond acceptors (Lipinski definition) is 1. The fraction of sp³-hybridized carbons (Fsp3) is 0.462. The van der Waals surface area contributed by atoms with Crippen molar-refractivity contribution in [1.29, 1.82) is 0 Å². The van der Waals surface area contributed by atoms with Crippen LogP contribution in [-0.2, 0) is 0 Å². The van der Waals surface area contributed by atoms with Gasteiger partial charge >= 0.3 is 0 Å². The average molecular weight is 366 g/mol. The Morgan fingerprint density at radius 2 is 2.24 bits per heavy atom. The fourth-order valence-electron chi connectivity index (χ4n) is 1.58. The molecule has 0 aliphatic rings. The molecule has 94 valence electrons. The summed E-state index contributed by atoms with van der Waals surface area (Å²) in [6.07, 6.45) is 1.84. The van der Waals surface area contributed by atoms with Gasteiger partial charge in [0.1, 0.15) is 0 Å². The van der Waals surface area contributed by atoms with Crippen LogP contribution in [0, 0.1) is 10.5 Å². The molecule has 0 spiro atoms. The average Bonchev–Trinajstić information content (AvgIpc) is 2.29. The van der Waals surface area contributed by atoms with Gasteiger partial charge < -0.3 is 5.32 Å². The van der Waals surface area contributed by atoms with Crippen molar-refractivity contribution in [2.24, 2.45) is 0 Å². The standard InChI is InChI=1S/C13H17ClINO/c1-9-5-3-7-11(12(9)15)13(17)16-10(2)6-4-8-14/h3,5,7,10H,4,6,8H2,1-2H3,(H,16,17). The van der Waals surface area contributed by atoms with Crippen molar-refractivity contribution < 1.29 is 4.79 Å². The molecule has 0 aliphatic heterocycles. The third-order valence-electron chi connectivity index (χ3n) is 2.58. The van der Waals surface area contributed by atoms with Crippen LogP contribution in [0.15, 0.2) is 18.2 Å². The fourth-order valence-corrected chi connectivity index (χ4v) is 2.34. The molecule has 0 saturated heterocycles. The molecule has 4 heteroatoms. The summed E-state index contributed by atoms with van der Waals surface area (Å²) in [5.41, 5.74) is 1.88. The van der Waals surface area contributed by atoms with Crippen molar-refractivity contribution in [2.75, 3.05) is 5.88 Å². The van der Waals surface area contributed by atoms with E-state index in [9.17, 15) is 4.79 Å². The SMILES string of the molecule is Cc1cccc(C(=O)NC(C)CCCCl)c1I. The van der Waals surface area contributed by atoms with Crippen LogP contribution in [0.3, 0.4) is 0 Å². The zero-order valence-electron chi connectivity index (χ0n) is 10.1. The summed E-state index contributed by atoms with van der Waals surface area (Å²) in [4.78, 5) is 12.0. The van der Waals surface area contributed by atoms with Gasteiger partial charge in [-0.15, -0.1) is 11.6 Å². The monoisotopic (exact) mass is 365 g/mol. The molecule has 1 N–H and O–H groups in total. The second-order valence-electron chi connectivity index (χ2n) is 4.14. The smallest absolute Gasteiger partial charge is 0.252 e. The number of halogens is 2. The zero-order chi connectivity index (χ0) is 12.8. The molecule has 1 aromatic carbocycles. The first-order valence-corrected chi connectivity index (χ1v) is 7.29. The predicted octanol–water partition coefficient (Wildman–Crippen LogP) is 3.74. The number of amides is 1. The molecular weight excluding hydrogens is 349 g/mol. The van der Waals surface area contributed by atoms with E-state index in [-0.39, 0.29) is 11.9 Å². The van der Waals surface area contributed by atoms with Crippen LogP contribution in [0.5, 0.6) is 0 Å². The van der Waals surface area contributed by atoms with Crippen molar-refractivity contribution in [2.45, 2.75) is 32.7 Å². The molecular formula is C13H17ClINO. The van der Waals surface area contributed by atoms with Crippen LogP contribution in [-0.4, -0.2) is 17.8 Å². The summed E-state index contributed by atoms with van der Waals surface area (Å²) in [6.45, 7) is 4.02. The normalized spacial score (nSPS) is 12.2. The van der Waals surface area contributed by atoms with E-state index in [1.807, 2.05) is 32.0 Å². The second-order valence-corrected chi connectivity index (χ2v) is 5.60. The van der Waals surface area contributed by atoms with Gasteiger partial charge in [0, 0.05) is 15.5 Å². The van der Waals surface area contributed by atoms with E-state index in [0.717, 1.165) is 27.5 Å². The highest BCUT2D eigenvalue weighted by atomic mass is 127. The van der Waals surface area contributed by atoms with Gasteiger partial charge in [-0.25, -0.2) is 0 Å². The highest BCUT2D eigenvalue weighted by Crippen LogP contribution is 2.16. The summed E-state index contributed by atoms with van der Waals surface area (Å²) in [7, 11) is 0. The Balaban J connectivity index is 2.67. The van der Waals surface area contributed by atoms with E-state index in [1.165, 1.54) is 0 Å². The third-order valence-corrected chi connectivity index (χ3v) is 4.28. The molecule has 0 bridgehead atoms. The van der Waals surface area contributed by atoms with E-state index < -0.39 is 0 Å². The number of aryl methyl sites for hydroxylation is 1. The van der Waals surface area contributed by atoms with E-state index >= 15 is 0 Å². The van der Waals surface area contributed by atoms with E-state index in [2.05, 4.69) is 27.9 Å². The minimum Gasteiger partial charge on any atom is -0.350 e. The van der Waals surface area contributed by atoms with E-state index in [4.69, 9.17) is 11.6 Å². The lowest BCUT2D eigenvalue weighted by Crippen LogP contribution is -2.33. The molecule has 1 atom stereocenters. The molecule has 0 radical (unpaired) electrons.